The van der Waals surface area contributed by atoms with E-state index in [1.54, 1.807) is 17.4 Å². The van der Waals surface area contributed by atoms with Gasteiger partial charge in [-0.15, -0.1) is 11.3 Å². The molecule has 0 unspecified atom stereocenters. The summed E-state index contributed by atoms with van der Waals surface area (Å²) in [4.78, 5) is 6.04. The van der Waals surface area contributed by atoms with Crippen LogP contribution in [0.4, 0.5) is 0 Å². The lowest BCUT2D eigenvalue weighted by Gasteiger charge is -2.13. The summed E-state index contributed by atoms with van der Waals surface area (Å²) in [5.74, 6) is 0.883. The van der Waals surface area contributed by atoms with Crippen LogP contribution < -0.4 is 5.46 Å². The summed E-state index contributed by atoms with van der Waals surface area (Å²) in [5, 5.41) is 20.8. The van der Waals surface area contributed by atoms with Gasteiger partial charge in [-0.1, -0.05) is 66.7 Å². The number of thiophene rings is 1. The smallest absolute Gasteiger partial charge is 0.423 e. The lowest BCUT2D eigenvalue weighted by molar-refractivity contribution is 0.426. The van der Waals surface area contributed by atoms with E-state index in [-0.39, 0.29) is 0 Å². The summed E-state index contributed by atoms with van der Waals surface area (Å²) < 4.78 is 3.10. The molecule has 0 aliphatic rings. The lowest BCUT2D eigenvalue weighted by Crippen LogP contribution is -2.29. The van der Waals surface area contributed by atoms with Crippen molar-refractivity contribution >= 4 is 50.7 Å². The van der Waals surface area contributed by atoms with Crippen molar-refractivity contribution in [3.8, 4) is 11.4 Å². The van der Waals surface area contributed by atoms with Gasteiger partial charge in [-0.3, -0.25) is 4.57 Å². The highest BCUT2D eigenvalue weighted by molar-refractivity contribution is 7.21. The molecule has 6 heteroatoms. The third kappa shape index (κ3) is 3.20. The average molecular weight is 424 g/mol. The second-order valence-corrected chi connectivity index (χ2v) is 8.47. The van der Waals surface area contributed by atoms with Crippen LogP contribution in [0.25, 0.3) is 38.2 Å². The van der Waals surface area contributed by atoms with E-state index in [1.807, 2.05) is 55.5 Å². The maximum atomic E-state index is 9.87. The van der Waals surface area contributed by atoms with Crippen molar-refractivity contribution in [2.75, 3.05) is 0 Å². The predicted octanol–water partition coefficient (Wildman–Crippen LogP) is 4.82. The van der Waals surface area contributed by atoms with Crippen LogP contribution in [-0.4, -0.2) is 26.7 Å². The first-order valence-corrected chi connectivity index (χ1v) is 11.0. The van der Waals surface area contributed by atoms with E-state index in [0.717, 1.165) is 48.6 Å². The highest BCUT2D eigenvalue weighted by Gasteiger charge is 2.23. The molecule has 5 rings (SSSR count). The SMILES string of the molecule is C/C=C(\c1sc2c(B(O)O)cccc2c1C)n1c(-c2ccccc2)nc2ccccc21. The molecule has 0 aliphatic carbocycles. The van der Waals surface area contributed by atoms with Crippen LogP contribution in [0.3, 0.4) is 0 Å². The van der Waals surface area contributed by atoms with Gasteiger partial charge in [0.15, 0.2) is 0 Å². The molecule has 2 heterocycles. The third-order valence-electron chi connectivity index (χ3n) is 5.61. The fourth-order valence-electron chi connectivity index (χ4n) is 4.13. The Labute approximate surface area is 184 Å². The standard InChI is InChI=1S/C25H21BN2O2S/c1-3-21(23-16(2)18-12-9-13-19(26(29)30)24(18)31-23)28-22-15-8-7-14-20(22)27-25(28)17-10-5-4-6-11-17/h3-15,29-30H,1-2H3/b21-3+. The molecule has 0 radical (unpaired) electrons. The summed E-state index contributed by atoms with van der Waals surface area (Å²) in [5.41, 5.74) is 5.70. The highest BCUT2D eigenvalue weighted by Crippen LogP contribution is 2.38. The summed E-state index contributed by atoms with van der Waals surface area (Å²) in [6.45, 7) is 4.12. The van der Waals surface area contributed by atoms with Crippen molar-refractivity contribution in [3.05, 3.63) is 89.3 Å². The fraction of sp³-hybridized carbons (Fsp3) is 0.0800. The molecule has 0 saturated carbocycles. The monoisotopic (exact) mass is 424 g/mol. The minimum atomic E-state index is -1.50. The zero-order valence-electron chi connectivity index (χ0n) is 17.3. The summed E-state index contributed by atoms with van der Waals surface area (Å²) in [6.07, 6.45) is 2.10. The van der Waals surface area contributed by atoms with Crippen molar-refractivity contribution in [1.82, 2.24) is 9.55 Å². The number of aromatic nitrogens is 2. The molecule has 4 nitrogen and oxygen atoms in total. The van der Waals surface area contributed by atoms with E-state index in [2.05, 4.69) is 35.8 Å². The van der Waals surface area contributed by atoms with Gasteiger partial charge in [0.05, 0.1) is 21.6 Å². The number of hydrogen-bond donors (Lipinski definition) is 2. The normalized spacial score (nSPS) is 12.1. The van der Waals surface area contributed by atoms with E-state index in [0.29, 0.717) is 5.46 Å². The topological polar surface area (TPSA) is 58.3 Å². The second-order valence-electron chi connectivity index (χ2n) is 7.45. The van der Waals surface area contributed by atoms with Gasteiger partial charge in [0.1, 0.15) is 5.82 Å². The van der Waals surface area contributed by atoms with Gasteiger partial charge >= 0.3 is 7.12 Å². The molecular formula is C25H21BN2O2S. The molecule has 0 fully saturated rings. The van der Waals surface area contributed by atoms with Gasteiger partial charge in [-0.05, 0) is 42.4 Å². The van der Waals surface area contributed by atoms with Crippen LogP contribution in [0.2, 0.25) is 0 Å². The summed E-state index contributed by atoms with van der Waals surface area (Å²) in [6, 6.07) is 24.0. The van der Waals surface area contributed by atoms with Crippen LogP contribution in [0.1, 0.15) is 17.4 Å². The molecule has 5 aromatic rings. The summed E-state index contributed by atoms with van der Waals surface area (Å²) >= 11 is 1.59. The number of benzene rings is 3. The summed E-state index contributed by atoms with van der Waals surface area (Å²) in [7, 11) is -1.50. The largest absolute Gasteiger partial charge is 0.489 e. The Morgan fingerprint density at radius 3 is 2.45 bits per heavy atom. The first-order chi connectivity index (χ1) is 15.1. The van der Waals surface area contributed by atoms with Gasteiger partial charge in [0, 0.05) is 10.3 Å². The molecule has 152 valence electrons. The minimum absolute atomic E-state index is 0.533. The maximum absolute atomic E-state index is 9.87. The van der Waals surface area contributed by atoms with E-state index in [1.165, 1.54) is 0 Å². The van der Waals surface area contributed by atoms with Crippen LogP contribution >= 0.6 is 11.3 Å². The Hall–Kier alpha value is -3.19. The molecule has 0 atom stereocenters. The number of allylic oxidation sites excluding steroid dienone is 1. The molecule has 0 aliphatic heterocycles. The lowest BCUT2D eigenvalue weighted by atomic mass is 9.79. The Kier molecular flexibility index (Phi) is 4.98. The van der Waals surface area contributed by atoms with Crippen LogP contribution in [0, 0.1) is 6.92 Å². The zero-order chi connectivity index (χ0) is 21.5. The molecule has 0 bridgehead atoms. The number of nitrogens with zero attached hydrogens (tertiary/aromatic N) is 2. The highest BCUT2D eigenvalue weighted by atomic mass is 32.1. The molecule has 3 aromatic carbocycles. The Bertz CT molecular complexity index is 1430. The predicted molar refractivity (Wildman–Crippen MR) is 131 cm³/mol. The van der Waals surface area contributed by atoms with Crippen molar-refractivity contribution < 1.29 is 10.0 Å². The van der Waals surface area contributed by atoms with Crippen molar-refractivity contribution in [2.45, 2.75) is 13.8 Å². The maximum Gasteiger partial charge on any atom is 0.489 e. The molecule has 31 heavy (non-hydrogen) atoms. The first-order valence-electron chi connectivity index (χ1n) is 10.2. The third-order valence-corrected chi connectivity index (χ3v) is 6.99. The van der Waals surface area contributed by atoms with Gasteiger partial charge in [-0.2, -0.15) is 0 Å². The zero-order valence-corrected chi connectivity index (χ0v) is 18.1. The number of rotatable bonds is 4. The number of fused-ring (bicyclic) bond motifs is 2. The Balaban J connectivity index is 1.81. The number of hydrogen-bond acceptors (Lipinski definition) is 4. The second kappa shape index (κ2) is 7.82. The van der Waals surface area contributed by atoms with E-state index < -0.39 is 7.12 Å². The quantitative estimate of drug-likeness (QED) is 0.407. The molecule has 0 saturated heterocycles. The van der Waals surface area contributed by atoms with Crippen LogP contribution in [0.15, 0.2) is 78.9 Å². The molecular weight excluding hydrogens is 403 g/mol. The van der Waals surface area contributed by atoms with Crippen LogP contribution in [-0.2, 0) is 0 Å². The van der Waals surface area contributed by atoms with E-state index in [4.69, 9.17) is 4.98 Å². The number of para-hydroxylation sites is 2. The number of imidazole rings is 1. The van der Waals surface area contributed by atoms with E-state index >= 15 is 0 Å². The van der Waals surface area contributed by atoms with Gasteiger partial charge in [-0.25, -0.2) is 4.98 Å². The fourth-order valence-corrected chi connectivity index (χ4v) is 5.53. The first kappa shape index (κ1) is 19.8. The molecule has 2 aromatic heterocycles. The molecule has 2 N–H and O–H groups in total. The van der Waals surface area contributed by atoms with Crippen molar-refractivity contribution in [2.24, 2.45) is 0 Å². The molecule has 0 amide bonds. The Morgan fingerprint density at radius 2 is 1.71 bits per heavy atom. The van der Waals surface area contributed by atoms with Crippen molar-refractivity contribution in [3.63, 3.8) is 0 Å². The van der Waals surface area contributed by atoms with Gasteiger partial charge in [0.2, 0.25) is 0 Å². The van der Waals surface area contributed by atoms with Gasteiger partial charge in [0.25, 0.3) is 0 Å². The van der Waals surface area contributed by atoms with E-state index in [9.17, 15) is 10.0 Å². The van der Waals surface area contributed by atoms with Crippen LogP contribution in [0.5, 0.6) is 0 Å². The van der Waals surface area contributed by atoms with Gasteiger partial charge < -0.3 is 10.0 Å². The minimum Gasteiger partial charge on any atom is -0.423 e. The Morgan fingerprint density at radius 1 is 0.968 bits per heavy atom. The number of aryl methyl sites for hydroxylation is 1. The van der Waals surface area contributed by atoms with Crippen molar-refractivity contribution in [1.29, 1.82) is 0 Å². The average Bonchev–Trinajstić information content (AvgIpc) is 3.34. The molecule has 0 spiro atoms.